The van der Waals surface area contributed by atoms with Crippen molar-refractivity contribution in [1.82, 2.24) is 0 Å². The maximum atomic E-state index is 12.0. The maximum Gasteiger partial charge on any atom is 0.262 e. The van der Waals surface area contributed by atoms with Crippen molar-refractivity contribution in [3.8, 4) is 5.75 Å². The summed E-state index contributed by atoms with van der Waals surface area (Å²) in [7, 11) is 0. The Morgan fingerprint density at radius 2 is 1.91 bits per heavy atom. The molecule has 0 aromatic heterocycles. The lowest BCUT2D eigenvalue weighted by molar-refractivity contribution is -0.118. The van der Waals surface area contributed by atoms with Gasteiger partial charge in [0.15, 0.2) is 6.61 Å². The van der Waals surface area contributed by atoms with E-state index in [1.54, 1.807) is 0 Å². The van der Waals surface area contributed by atoms with Crippen molar-refractivity contribution in [3.05, 3.63) is 59.2 Å². The van der Waals surface area contributed by atoms with Crippen molar-refractivity contribution in [2.24, 2.45) is 0 Å². The Bertz CT molecular complexity index is 662. The first kappa shape index (κ1) is 16.1. The fourth-order valence-corrected chi connectivity index (χ4v) is 2.19. The van der Waals surface area contributed by atoms with Gasteiger partial charge in [-0.3, -0.25) is 4.79 Å². The number of carbonyl (C=O) groups is 1. The van der Waals surface area contributed by atoms with Crippen LogP contribution >= 0.6 is 0 Å². The lowest BCUT2D eigenvalue weighted by Crippen LogP contribution is -2.20. The third-order valence-electron chi connectivity index (χ3n) is 3.54. The number of aryl methyl sites for hydroxylation is 2. The molecule has 3 nitrogen and oxygen atoms in total. The second kappa shape index (κ2) is 7.12. The second-order valence-electron chi connectivity index (χ2n) is 5.89. The van der Waals surface area contributed by atoms with Crippen LogP contribution in [0, 0.1) is 13.8 Å². The minimum Gasteiger partial charge on any atom is -0.483 e. The lowest BCUT2D eigenvalue weighted by Gasteiger charge is -2.13. The van der Waals surface area contributed by atoms with Gasteiger partial charge in [0.2, 0.25) is 0 Å². The van der Waals surface area contributed by atoms with E-state index in [-0.39, 0.29) is 12.5 Å². The zero-order valence-electron chi connectivity index (χ0n) is 13.6. The summed E-state index contributed by atoms with van der Waals surface area (Å²) < 4.78 is 5.68. The number of hydrogen-bond acceptors (Lipinski definition) is 2. The topological polar surface area (TPSA) is 38.3 Å². The van der Waals surface area contributed by atoms with Gasteiger partial charge < -0.3 is 10.1 Å². The van der Waals surface area contributed by atoms with Crippen LogP contribution in [0.1, 0.15) is 36.5 Å². The van der Waals surface area contributed by atoms with E-state index in [1.165, 1.54) is 5.56 Å². The van der Waals surface area contributed by atoms with E-state index in [2.05, 4.69) is 25.2 Å². The van der Waals surface area contributed by atoms with Crippen molar-refractivity contribution in [2.45, 2.75) is 33.6 Å². The summed E-state index contributed by atoms with van der Waals surface area (Å²) in [4.78, 5) is 12.0. The van der Waals surface area contributed by atoms with Crippen LogP contribution < -0.4 is 10.1 Å². The highest BCUT2D eigenvalue weighted by atomic mass is 16.5. The molecule has 0 atom stereocenters. The van der Waals surface area contributed by atoms with Gasteiger partial charge in [-0.25, -0.2) is 0 Å². The van der Waals surface area contributed by atoms with Crippen molar-refractivity contribution in [1.29, 1.82) is 0 Å². The van der Waals surface area contributed by atoms with E-state index in [9.17, 15) is 4.79 Å². The van der Waals surface area contributed by atoms with Gasteiger partial charge in [-0.2, -0.15) is 0 Å². The second-order valence-corrected chi connectivity index (χ2v) is 5.89. The summed E-state index contributed by atoms with van der Waals surface area (Å²) in [5, 5.41) is 2.85. The molecule has 1 amide bonds. The van der Waals surface area contributed by atoms with Gasteiger partial charge in [-0.15, -0.1) is 0 Å². The maximum absolute atomic E-state index is 12.0. The van der Waals surface area contributed by atoms with E-state index in [0.29, 0.717) is 5.92 Å². The predicted octanol–water partition coefficient (Wildman–Crippen LogP) is 4.44. The summed E-state index contributed by atoms with van der Waals surface area (Å²) in [5.74, 6) is 1.05. The number of rotatable bonds is 5. The third kappa shape index (κ3) is 4.35. The standard InChI is InChI=1S/C19H23NO2/c1-13(2)16-9-8-15(4)18(11-16)22-12-19(21)20-17-7-5-6-14(3)10-17/h5-11,13H,12H2,1-4H3,(H,20,21). The van der Waals surface area contributed by atoms with Crippen molar-refractivity contribution < 1.29 is 9.53 Å². The molecule has 0 saturated heterocycles. The SMILES string of the molecule is Cc1cccc(NC(=O)COc2cc(C(C)C)ccc2C)c1. The number of ether oxygens (including phenoxy) is 1. The molecule has 22 heavy (non-hydrogen) atoms. The average Bonchev–Trinajstić information content (AvgIpc) is 2.46. The van der Waals surface area contributed by atoms with Crippen LogP contribution in [-0.4, -0.2) is 12.5 Å². The molecule has 116 valence electrons. The molecular formula is C19H23NO2. The molecule has 0 heterocycles. The number of anilines is 1. The Morgan fingerprint density at radius 1 is 1.14 bits per heavy atom. The highest BCUT2D eigenvalue weighted by molar-refractivity contribution is 5.91. The zero-order valence-corrected chi connectivity index (χ0v) is 13.6. The van der Waals surface area contributed by atoms with E-state index in [0.717, 1.165) is 22.6 Å². The van der Waals surface area contributed by atoms with E-state index in [4.69, 9.17) is 4.74 Å². The van der Waals surface area contributed by atoms with Gasteiger partial charge in [-0.05, 0) is 54.7 Å². The van der Waals surface area contributed by atoms with Gasteiger partial charge in [0.25, 0.3) is 5.91 Å². The minimum absolute atomic E-state index is 0.0102. The van der Waals surface area contributed by atoms with Crippen molar-refractivity contribution in [2.75, 3.05) is 11.9 Å². The fourth-order valence-electron chi connectivity index (χ4n) is 2.19. The zero-order chi connectivity index (χ0) is 16.1. The van der Waals surface area contributed by atoms with Gasteiger partial charge >= 0.3 is 0 Å². The van der Waals surface area contributed by atoms with Gasteiger partial charge in [0, 0.05) is 5.69 Å². The first-order valence-electron chi connectivity index (χ1n) is 7.55. The predicted molar refractivity (Wildman–Crippen MR) is 90.6 cm³/mol. The molecule has 2 rings (SSSR count). The molecule has 0 fully saturated rings. The highest BCUT2D eigenvalue weighted by Crippen LogP contribution is 2.24. The molecule has 0 bridgehead atoms. The van der Waals surface area contributed by atoms with Crippen LogP contribution in [0.4, 0.5) is 5.69 Å². The van der Waals surface area contributed by atoms with Crippen molar-refractivity contribution in [3.63, 3.8) is 0 Å². The number of amides is 1. The van der Waals surface area contributed by atoms with Gasteiger partial charge in [-0.1, -0.05) is 38.1 Å². The highest BCUT2D eigenvalue weighted by Gasteiger charge is 2.08. The van der Waals surface area contributed by atoms with Crippen LogP contribution in [0.15, 0.2) is 42.5 Å². The smallest absolute Gasteiger partial charge is 0.262 e. The Labute approximate surface area is 132 Å². The molecule has 0 radical (unpaired) electrons. The number of carbonyl (C=O) groups excluding carboxylic acids is 1. The molecule has 0 saturated carbocycles. The van der Waals surface area contributed by atoms with Crippen molar-refractivity contribution >= 4 is 11.6 Å². The Morgan fingerprint density at radius 3 is 2.59 bits per heavy atom. The quantitative estimate of drug-likeness (QED) is 0.885. The Kier molecular flexibility index (Phi) is 5.21. The molecule has 0 aliphatic heterocycles. The molecule has 3 heteroatoms. The monoisotopic (exact) mass is 297 g/mol. The molecule has 0 aliphatic carbocycles. The van der Waals surface area contributed by atoms with Crippen LogP contribution in [0.5, 0.6) is 5.75 Å². The Balaban J connectivity index is 1.97. The summed E-state index contributed by atoms with van der Waals surface area (Å²) in [6.07, 6.45) is 0. The molecule has 1 N–H and O–H groups in total. The molecule has 2 aromatic carbocycles. The third-order valence-corrected chi connectivity index (χ3v) is 3.54. The first-order chi connectivity index (χ1) is 10.5. The Hall–Kier alpha value is -2.29. The average molecular weight is 297 g/mol. The number of benzene rings is 2. The van der Waals surface area contributed by atoms with Gasteiger partial charge in [0.1, 0.15) is 5.75 Å². The number of hydrogen-bond donors (Lipinski definition) is 1. The van der Waals surface area contributed by atoms with E-state index < -0.39 is 0 Å². The molecular weight excluding hydrogens is 274 g/mol. The molecule has 0 aliphatic rings. The van der Waals surface area contributed by atoms with Crippen LogP contribution in [-0.2, 0) is 4.79 Å². The minimum atomic E-state index is -0.153. The normalized spacial score (nSPS) is 10.6. The van der Waals surface area contributed by atoms with Crippen LogP contribution in [0.2, 0.25) is 0 Å². The largest absolute Gasteiger partial charge is 0.483 e. The number of nitrogens with one attached hydrogen (secondary N) is 1. The molecule has 0 unspecified atom stereocenters. The molecule has 2 aromatic rings. The van der Waals surface area contributed by atoms with E-state index >= 15 is 0 Å². The summed E-state index contributed by atoms with van der Waals surface area (Å²) in [6.45, 7) is 8.26. The lowest BCUT2D eigenvalue weighted by atomic mass is 10.0. The van der Waals surface area contributed by atoms with Crippen LogP contribution in [0.3, 0.4) is 0 Å². The molecule has 0 spiro atoms. The summed E-state index contributed by atoms with van der Waals surface area (Å²) in [5.41, 5.74) is 4.15. The summed E-state index contributed by atoms with van der Waals surface area (Å²) >= 11 is 0. The van der Waals surface area contributed by atoms with Crippen LogP contribution in [0.25, 0.3) is 0 Å². The van der Waals surface area contributed by atoms with E-state index in [1.807, 2.05) is 50.2 Å². The fraction of sp³-hybridized carbons (Fsp3) is 0.316. The summed E-state index contributed by atoms with van der Waals surface area (Å²) in [6, 6.07) is 13.9. The first-order valence-corrected chi connectivity index (χ1v) is 7.55. The van der Waals surface area contributed by atoms with Gasteiger partial charge in [0.05, 0.1) is 0 Å².